The van der Waals surface area contributed by atoms with Crippen LogP contribution in [0.2, 0.25) is 0 Å². The summed E-state index contributed by atoms with van der Waals surface area (Å²) in [6, 6.07) is 0. The zero-order chi connectivity index (χ0) is 6.57. The first-order valence-electron chi connectivity index (χ1n) is 2.66. The summed E-state index contributed by atoms with van der Waals surface area (Å²) >= 11 is 1.34. The Morgan fingerprint density at radius 2 is 2.00 bits per heavy atom. The summed E-state index contributed by atoms with van der Waals surface area (Å²) in [7, 11) is 0. The first-order chi connectivity index (χ1) is 3.68. The minimum absolute atomic E-state index is 0.611. The molecular weight excluding hydrogens is 124 g/mol. The molecule has 0 aliphatic heterocycles. The average molecular weight is 136 g/mol. The zero-order valence-electron chi connectivity index (χ0n) is 5.16. The third-order valence-electron chi connectivity index (χ3n) is 0.750. The van der Waals surface area contributed by atoms with Crippen molar-refractivity contribution in [3.8, 4) is 0 Å². The number of aliphatic hydroxyl groups is 2. The maximum atomic E-state index is 8.84. The molecule has 2 atom stereocenters. The first kappa shape index (κ1) is 8.27. The van der Waals surface area contributed by atoms with E-state index in [4.69, 9.17) is 10.2 Å². The largest absolute Gasteiger partial charge is 0.390 e. The van der Waals surface area contributed by atoms with Gasteiger partial charge in [0, 0.05) is 0 Å². The molecule has 0 radical (unpaired) electrons. The van der Waals surface area contributed by atoms with E-state index in [0.29, 0.717) is 0 Å². The second-order valence-corrected chi connectivity index (χ2v) is 2.98. The normalized spacial score (nSPS) is 18.0. The van der Waals surface area contributed by atoms with E-state index in [2.05, 4.69) is 0 Å². The van der Waals surface area contributed by atoms with Crippen molar-refractivity contribution in [2.75, 3.05) is 5.75 Å². The molecule has 0 saturated carbocycles. The van der Waals surface area contributed by atoms with E-state index in [0.717, 1.165) is 5.75 Å². The van der Waals surface area contributed by atoms with Gasteiger partial charge in [-0.05, 0) is 12.7 Å². The minimum atomic E-state index is -0.611. The molecule has 0 fully saturated rings. The van der Waals surface area contributed by atoms with Crippen molar-refractivity contribution in [3.63, 3.8) is 0 Å². The Balaban J connectivity index is 3.17. The third kappa shape index (κ3) is 3.29. The smallest absolute Gasteiger partial charge is 0.125 e. The quantitative estimate of drug-likeness (QED) is 0.553. The van der Waals surface area contributed by atoms with Crippen LogP contribution in [0.1, 0.15) is 13.8 Å². The Morgan fingerprint density at radius 1 is 1.50 bits per heavy atom. The van der Waals surface area contributed by atoms with Crippen LogP contribution in [-0.4, -0.2) is 27.5 Å². The van der Waals surface area contributed by atoms with Crippen LogP contribution in [0, 0.1) is 0 Å². The number of hydrogen-bond acceptors (Lipinski definition) is 3. The number of hydrogen-bond donors (Lipinski definition) is 2. The monoisotopic (exact) mass is 136 g/mol. The molecule has 0 aromatic rings. The highest BCUT2D eigenvalue weighted by atomic mass is 32.2. The lowest BCUT2D eigenvalue weighted by Crippen LogP contribution is -2.18. The molecule has 0 saturated heterocycles. The highest BCUT2D eigenvalue weighted by molar-refractivity contribution is 7.99. The van der Waals surface area contributed by atoms with Gasteiger partial charge in [0.25, 0.3) is 0 Å². The molecule has 50 valence electrons. The molecule has 0 amide bonds. The lowest BCUT2D eigenvalue weighted by molar-refractivity contribution is 0.0874. The van der Waals surface area contributed by atoms with Crippen LogP contribution in [0.4, 0.5) is 0 Å². The van der Waals surface area contributed by atoms with Gasteiger partial charge in [-0.15, -0.1) is 11.8 Å². The molecule has 0 aliphatic rings. The van der Waals surface area contributed by atoms with Crippen LogP contribution in [0.15, 0.2) is 0 Å². The molecule has 0 aromatic heterocycles. The molecule has 2 unspecified atom stereocenters. The Hall–Kier alpha value is 0.270. The van der Waals surface area contributed by atoms with Crippen molar-refractivity contribution in [2.24, 2.45) is 0 Å². The molecule has 3 heteroatoms. The van der Waals surface area contributed by atoms with Gasteiger partial charge in [0.05, 0.1) is 6.10 Å². The summed E-state index contributed by atoms with van der Waals surface area (Å²) in [5.74, 6) is 0.839. The maximum absolute atomic E-state index is 8.84. The van der Waals surface area contributed by atoms with Crippen LogP contribution < -0.4 is 0 Å². The van der Waals surface area contributed by atoms with E-state index < -0.39 is 11.5 Å². The number of rotatable bonds is 3. The minimum Gasteiger partial charge on any atom is -0.390 e. The molecule has 0 aromatic carbocycles. The van der Waals surface area contributed by atoms with Gasteiger partial charge in [-0.3, -0.25) is 0 Å². The summed E-state index contributed by atoms with van der Waals surface area (Å²) in [5, 5.41) is 17.5. The topological polar surface area (TPSA) is 40.5 Å². The third-order valence-corrected chi connectivity index (χ3v) is 1.82. The molecule has 0 rings (SSSR count). The van der Waals surface area contributed by atoms with Gasteiger partial charge in [0.1, 0.15) is 5.44 Å². The SMILES string of the molecule is CCSC(O)C(C)O. The van der Waals surface area contributed by atoms with E-state index in [-0.39, 0.29) is 0 Å². The van der Waals surface area contributed by atoms with E-state index in [1.807, 2.05) is 6.92 Å². The Kier molecular flexibility index (Phi) is 4.32. The van der Waals surface area contributed by atoms with Gasteiger partial charge >= 0.3 is 0 Å². The van der Waals surface area contributed by atoms with Crippen molar-refractivity contribution in [1.29, 1.82) is 0 Å². The van der Waals surface area contributed by atoms with Crippen LogP contribution >= 0.6 is 11.8 Å². The predicted octanol–water partition coefficient (Wildman–Crippen LogP) is 0.439. The Labute approximate surface area is 53.9 Å². The number of aliphatic hydroxyl groups excluding tert-OH is 2. The van der Waals surface area contributed by atoms with Crippen molar-refractivity contribution < 1.29 is 10.2 Å². The van der Waals surface area contributed by atoms with Crippen molar-refractivity contribution in [2.45, 2.75) is 25.4 Å². The highest BCUT2D eigenvalue weighted by Crippen LogP contribution is 2.09. The summed E-state index contributed by atoms with van der Waals surface area (Å²) < 4.78 is 0. The van der Waals surface area contributed by atoms with E-state index >= 15 is 0 Å². The fourth-order valence-electron chi connectivity index (χ4n) is 0.310. The zero-order valence-corrected chi connectivity index (χ0v) is 5.98. The predicted molar refractivity (Wildman–Crippen MR) is 35.8 cm³/mol. The van der Waals surface area contributed by atoms with Crippen molar-refractivity contribution in [1.82, 2.24) is 0 Å². The van der Waals surface area contributed by atoms with Crippen LogP contribution in [0.3, 0.4) is 0 Å². The molecule has 0 spiro atoms. The van der Waals surface area contributed by atoms with Gasteiger partial charge in [-0.2, -0.15) is 0 Å². The van der Waals surface area contributed by atoms with E-state index in [1.165, 1.54) is 11.8 Å². The van der Waals surface area contributed by atoms with Crippen LogP contribution in [0.25, 0.3) is 0 Å². The Morgan fingerprint density at radius 3 is 2.12 bits per heavy atom. The first-order valence-corrected chi connectivity index (χ1v) is 3.71. The summed E-state index contributed by atoms with van der Waals surface area (Å²) in [5.41, 5.74) is -0.611. The fourth-order valence-corrected chi connectivity index (χ4v) is 0.930. The molecule has 0 aliphatic carbocycles. The van der Waals surface area contributed by atoms with Gasteiger partial charge in [-0.25, -0.2) is 0 Å². The van der Waals surface area contributed by atoms with Gasteiger partial charge in [0.15, 0.2) is 0 Å². The second kappa shape index (κ2) is 4.18. The maximum Gasteiger partial charge on any atom is 0.125 e. The van der Waals surface area contributed by atoms with Gasteiger partial charge in [0.2, 0.25) is 0 Å². The standard InChI is InChI=1S/C5H12O2S/c1-3-8-5(7)4(2)6/h4-7H,3H2,1-2H3. The second-order valence-electron chi connectivity index (χ2n) is 1.59. The van der Waals surface area contributed by atoms with Gasteiger partial charge in [-0.1, -0.05) is 6.92 Å². The van der Waals surface area contributed by atoms with E-state index in [1.54, 1.807) is 6.92 Å². The number of thioether (sulfide) groups is 1. The molecule has 0 bridgehead atoms. The average Bonchev–Trinajstić information content (AvgIpc) is 1.67. The lowest BCUT2D eigenvalue weighted by atomic mass is 10.4. The molecule has 2 nitrogen and oxygen atoms in total. The molecule has 0 heterocycles. The highest BCUT2D eigenvalue weighted by Gasteiger charge is 2.08. The summed E-state index contributed by atoms with van der Waals surface area (Å²) in [4.78, 5) is 0. The molecular formula is C5H12O2S. The Bertz CT molecular complexity index is 56.4. The van der Waals surface area contributed by atoms with Crippen molar-refractivity contribution >= 4 is 11.8 Å². The molecule has 8 heavy (non-hydrogen) atoms. The lowest BCUT2D eigenvalue weighted by Gasteiger charge is -2.10. The van der Waals surface area contributed by atoms with Crippen molar-refractivity contribution in [3.05, 3.63) is 0 Å². The van der Waals surface area contributed by atoms with Crippen LogP contribution in [0.5, 0.6) is 0 Å². The molecule has 2 N–H and O–H groups in total. The van der Waals surface area contributed by atoms with E-state index in [9.17, 15) is 0 Å². The fraction of sp³-hybridized carbons (Fsp3) is 1.00. The summed E-state index contributed by atoms with van der Waals surface area (Å²) in [6.45, 7) is 3.52. The summed E-state index contributed by atoms with van der Waals surface area (Å²) in [6.07, 6.45) is -0.611. The van der Waals surface area contributed by atoms with Gasteiger partial charge < -0.3 is 10.2 Å². The van der Waals surface area contributed by atoms with Crippen LogP contribution in [-0.2, 0) is 0 Å².